The molecule has 2 N–H and O–H groups in total. The Labute approximate surface area is 129 Å². The number of rotatable bonds is 7. The van der Waals surface area contributed by atoms with Gasteiger partial charge in [-0.15, -0.1) is 0 Å². The summed E-state index contributed by atoms with van der Waals surface area (Å²) >= 11 is 0. The average Bonchev–Trinajstić information content (AvgIpc) is 2.28. The molecule has 0 aliphatic heterocycles. The van der Waals surface area contributed by atoms with E-state index in [1.54, 1.807) is 20.8 Å². The second-order valence-electron chi connectivity index (χ2n) is 7.41. The van der Waals surface area contributed by atoms with Crippen molar-refractivity contribution in [3.05, 3.63) is 0 Å². The summed E-state index contributed by atoms with van der Waals surface area (Å²) in [5.41, 5.74) is -1.05. The molecule has 0 rings (SSSR count). The monoisotopic (exact) mass is 300 g/mol. The Hall–Kier alpha value is -1.10. The van der Waals surface area contributed by atoms with Gasteiger partial charge in [0.25, 0.3) is 0 Å². The van der Waals surface area contributed by atoms with Gasteiger partial charge in [-0.1, -0.05) is 20.8 Å². The number of unbranched alkanes of at least 4 members (excludes halogenated alkanes) is 1. The van der Waals surface area contributed by atoms with E-state index in [9.17, 15) is 9.59 Å². The van der Waals surface area contributed by atoms with E-state index in [0.29, 0.717) is 6.42 Å². The Balaban J connectivity index is 4.65. The fraction of sp³-hybridized carbons (Fsp3) is 0.875. The summed E-state index contributed by atoms with van der Waals surface area (Å²) in [5, 5.41) is 5.80. The predicted octanol–water partition coefficient (Wildman–Crippen LogP) is 2.88. The van der Waals surface area contributed by atoms with Crippen LogP contribution in [0, 0.1) is 5.41 Å². The number of hydrogen-bond acceptors (Lipinski definition) is 4. The van der Waals surface area contributed by atoms with Gasteiger partial charge in [0, 0.05) is 5.41 Å². The van der Waals surface area contributed by atoms with Gasteiger partial charge in [0.15, 0.2) is 5.78 Å². The molecule has 124 valence electrons. The first-order chi connectivity index (χ1) is 9.47. The van der Waals surface area contributed by atoms with Crippen molar-refractivity contribution in [3.8, 4) is 0 Å². The predicted molar refractivity (Wildman–Crippen MR) is 85.4 cm³/mol. The van der Waals surface area contributed by atoms with Crippen molar-refractivity contribution in [3.63, 3.8) is 0 Å². The molecule has 1 unspecified atom stereocenters. The van der Waals surface area contributed by atoms with Crippen LogP contribution in [0.15, 0.2) is 0 Å². The highest BCUT2D eigenvalue weighted by atomic mass is 16.6. The van der Waals surface area contributed by atoms with Crippen LogP contribution < -0.4 is 10.6 Å². The lowest BCUT2D eigenvalue weighted by atomic mass is 9.85. The molecule has 21 heavy (non-hydrogen) atoms. The smallest absolute Gasteiger partial charge is 0.408 e. The standard InChI is InChI=1S/C16H32N2O3/c1-15(2,3)13(19)12(10-8-9-11-17-7)18-14(20)21-16(4,5)6/h12,17H,8-11H2,1-7H3,(H,18,20). The van der Waals surface area contributed by atoms with Crippen molar-refractivity contribution in [1.29, 1.82) is 0 Å². The largest absolute Gasteiger partial charge is 0.444 e. The SMILES string of the molecule is CNCCCCC(NC(=O)OC(C)(C)C)C(=O)C(C)(C)C. The quantitative estimate of drug-likeness (QED) is 0.709. The Bertz CT molecular complexity index is 340. The van der Waals surface area contributed by atoms with Crippen molar-refractivity contribution in [2.75, 3.05) is 13.6 Å². The van der Waals surface area contributed by atoms with Crippen LogP contribution in [-0.2, 0) is 9.53 Å². The lowest BCUT2D eigenvalue weighted by Gasteiger charge is -2.27. The number of carbonyl (C=O) groups excluding carboxylic acids is 2. The summed E-state index contributed by atoms with van der Waals surface area (Å²) in [4.78, 5) is 24.3. The number of hydrogen-bond donors (Lipinski definition) is 2. The molecule has 1 atom stereocenters. The van der Waals surface area contributed by atoms with Crippen LogP contribution in [0.4, 0.5) is 4.79 Å². The molecule has 5 heteroatoms. The van der Waals surface area contributed by atoms with E-state index in [1.807, 2.05) is 27.8 Å². The number of nitrogens with one attached hydrogen (secondary N) is 2. The van der Waals surface area contributed by atoms with Gasteiger partial charge in [0.2, 0.25) is 0 Å². The maximum absolute atomic E-state index is 12.4. The normalized spacial score (nSPS) is 13.7. The molecule has 0 aromatic rings. The first-order valence-electron chi connectivity index (χ1n) is 7.66. The number of Topliss-reactive ketones (excluding diaryl/α,β-unsaturated/α-hetero) is 1. The van der Waals surface area contributed by atoms with Crippen LogP contribution >= 0.6 is 0 Å². The van der Waals surface area contributed by atoms with Crippen LogP contribution in [0.2, 0.25) is 0 Å². The van der Waals surface area contributed by atoms with Crippen molar-refractivity contribution >= 4 is 11.9 Å². The van der Waals surface area contributed by atoms with E-state index in [4.69, 9.17) is 4.74 Å². The third kappa shape index (κ3) is 9.45. The highest BCUT2D eigenvalue weighted by Crippen LogP contribution is 2.20. The number of ether oxygens (including phenoxy) is 1. The minimum atomic E-state index is -0.564. The zero-order valence-electron chi connectivity index (χ0n) is 14.6. The highest BCUT2D eigenvalue weighted by molar-refractivity contribution is 5.91. The van der Waals surface area contributed by atoms with Gasteiger partial charge < -0.3 is 15.4 Å². The molecular formula is C16H32N2O3. The fourth-order valence-corrected chi connectivity index (χ4v) is 1.89. The van der Waals surface area contributed by atoms with Gasteiger partial charge in [-0.2, -0.15) is 0 Å². The Morgan fingerprint density at radius 2 is 1.62 bits per heavy atom. The minimum Gasteiger partial charge on any atom is -0.444 e. The molecule has 0 aliphatic rings. The summed E-state index contributed by atoms with van der Waals surface area (Å²) < 4.78 is 5.24. The first-order valence-corrected chi connectivity index (χ1v) is 7.66. The fourth-order valence-electron chi connectivity index (χ4n) is 1.89. The zero-order valence-corrected chi connectivity index (χ0v) is 14.6. The van der Waals surface area contributed by atoms with Crippen LogP contribution in [0.5, 0.6) is 0 Å². The molecule has 0 heterocycles. The topological polar surface area (TPSA) is 67.4 Å². The lowest BCUT2D eigenvalue weighted by molar-refractivity contribution is -0.128. The summed E-state index contributed by atoms with van der Waals surface area (Å²) in [7, 11) is 1.90. The Morgan fingerprint density at radius 3 is 2.05 bits per heavy atom. The number of ketones is 1. The van der Waals surface area contributed by atoms with Gasteiger partial charge in [-0.05, 0) is 53.6 Å². The maximum atomic E-state index is 12.4. The molecule has 0 aromatic heterocycles. The molecule has 0 aliphatic carbocycles. The van der Waals surface area contributed by atoms with Gasteiger partial charge in [0.1, 0.15) is 5.60 Å². The first kappa shape index (κ1) is 19.9. The van der Waals surface area contributed by atoms with E-state index in [0.717, 1.165) is 19.4 Å². The summed E-state index contributed by atoms with van der Waals surface area (Å²) in [6.07, 6.45) is 1.96. The highest BCUT2D eigenvalue weighted by Gasteiger charge is 2.31. The van der Waals surface area contributed by atoms with Crippen LogP contribution in [-0.4, -0.2) is 37.1 Å². The van der Waals surface area contributed by atoms with E-state index < -0.39 is 23.2 Å². The molecule has 1 amide bonds. The summed E-state index contributed by atoms with van der Waals surface area (Å²) in [6.45, 7) is 11.9. The van der Waals surface area contributed by atoms with E-state index in [1.165, 1.54) is 0 Å². The molecule has 0 saturated heterocycles. The molecule has 5 nitrogen and oxygen atoms in total. The lowest BCUT2D eigenvalue weighted by Crippen LogP contribution is -2.47. The Morgan fingerprint density at radius 1 is 1.05 bits per heavy atom. The average molecular weight is 300 g/mol. The van der Waals surface area contributed by atoms with Crippen LogP contribution in [0.3, 0.4) is 0 Å². The van der Waals surface area contributed by atoms with E-state index >= 15 is 0 Å². The third-order valence-electron chi connectivity index (χ3n) is 2.92. The molecular weight excluding hydrogens is 268 g/mol. The minimum absolute atomic E-state index is 0.0396. The van der Waals surface area contributed by atoms with Crippen LogP contribution in [0.1, 0.15) is 60.8 Å². The van der Waals surface area contributed by atoms with Gasteiger partial charge >= 0.3 is 6.09 Å². The van der Waals surface area contributed by atoms with Crippen LogP contribution in [0.25, 0.3) is 0 Å². The Kier molecular flexibility index (Phi) is 7.93. The number of carbonyl (C=O) groups is 2. The molecule has 0 spiro atoms. The van der Waals surface area contributed by atoms with Crippen molar-refractivity contribution < 1.29 is 14.3 Å². The molecule has 0 aromatic carbocycles. The molecule has 0 saturated carbocycles. The second-order valence-corrected chi connectivity index (χ2v) is 7.41. The van der Waals surface area contributed by atoms with E-state index in [2.05, 4.69) is 10.6 Å². The second kappa shape index (κ2) is 8.37. The molecule has 0 bridgehead atoms. The summed E-state index contributed by atoms with van der Waals surface area (Å²) in [6, 6.07) is -0.489. The van der Waals surface area contributed by atoms with Gasteiger partial charge in [-0.3, -0.25) is 4.79 Å². The van der Waals surface area contributed by atoms with Gasteiger partial charge in [-0.25, -0.2) is 4.79 Å². The van der Waals surface area contributed by atoms with Gasteiger partial charge in [0.05, 0.1) is 6.04 Å². The molecule has 0 fully saturated rings. The zero-order chi connectivity index (χ0) is 16.7. The number of amides is 1. The van der Waals surface area contributed by atoms with Crippen molar-refractivity contribution in [2.24, 2.45) is 5.41 Å². The van der Waals surface area contributed by atoms with Crippen molar-refractivity contribution in [2.45, 2.75) is 72.4 Å². The number of alkyl carbamates (subject to hydrolysis) is 1. The van der Waals surface area contributed by atoms with E-state index in [-0.39, 0.29) is 5.78 Å². The third-order valence-corrected chi connectivity index (χ3v) is 2.92. The van der Waals surface area contributed by atoms with Crippen molar-refractivity contribution in [1.82, 2.24) is 10.6 Å². The molecule has 0 radical (unpaired) electrons. The maximum Gasteiger partial charge on any atom is 0.408 e. The summed E-state index contributed by atoms with van der Waals surface area (Å²) in [5.74, 6) is 0.0396.